The van der Waals surface area contributed by atoms with Gasteiger partial charge in [-0.3, -0.25) is 10.1 Å². The lowest BCUT2D eigenvalue weighted by molar-refractivity contribution is -0.124. The number of aryl methyl sites for hydroxylation is 1. The van der Waals surface area contributed by atoms with E-state index in [4.69, 9.17) is 10.5 Å². The molecule has 4 nitrogen and oxygen atoms in total. The van der Waals surface area contributed by atoms with Crippen molar-refractivity contribution in [2.24, 2.45) is 5.73 Å². The van der Waals surface area contributed by atoms with Crippen LogP contribution >= 0.6 is 0 Å². The molecule has 1 amide bonds. The Bertz CT molecular complexity index is 376. The third kappa shape index (κ3) is 3.28. The number of amides is 1. The van der Waals surface area contributed by atoms with Crippen molar-refractivity contribution in [1.29, 1.82) is 0 Å². The first-order chi connectivity index (χ1) is 8.00. The second-order valence-electron chi connectivity index (χ2n) is 4.27. The number of hydrogen-bond donors (Lipinski definition) is 2. The van der Waals surface area contributed by atoms with Gasteiger partial charge >= 0.3 is 0 Å². The van der Waals surface area contributed by atoms with Gasteiger partial charge in [-0.05, 0) is 19.4 Å². The molecule has 4 heteroatoms. The molecule has 0 spiro atoms. The maximum absolute atomic E-state index is 11.6. The number of nitrogens with one attached hydrogen (secondary N) is 1. The summed E-state index contributed by atoms with van der Waals surface area (Å²) < 4.78 is 4.96. The lowest BCUT2D eigenvalue weighted by atomic mass is 9.90. The highest BCUT2D eigenvalue weighted by Gasteiger charge is 2.32. The minimum absolute atomic E-state index is 0.391. The molecule has 17 heavy (non-hydrogen) atoms. The van der Waals surface area contributed by atoms with Gasteiger partial charge in [-0.2, -0.15) is 0 Å². The van der Waals surface area contributed by atoms with Gasteiger partial charge in [-0.25, -0.2) is 0 Å². The van der Waals surface area contributed by atoms with E-state index in [0.717, 1.165) is 11.1 Å². The largest absolute Gasteiger partial charge is 0.383 e. The molecule has 1 aromatic carbocycles. The van der Waals surface area contributed by atoms with Gasteiger partial charge in [0.15, 0.2) is 0 Å². The Morgan fingerprint density at radius 2 is 2.00 bits per heavy atom. The summed E-state index contributed by atoms with van der Waals surface area (Å²) in [6, 6.07) is 7.77. The molecule has 1 unspecified atom stereocenters. The number of hydrogen-bond acceptors (Lipinski definition) is 3. The van der Waals surface area contributed by atoms with Crippen molar-refractivity contribution in [3.63, 3.8) is 0 Å². The van der Waals surface area contributed by atoms with Crippen LogP contribution in [0.5, 0.6) is 0 Å². The van der Waals surface area contributed by atoms with E-state index in [9.17, 15) is 4.79 Å². The molecule has 0 aliphatic carbocycles. The molecule has 1 rings (SSSR count). The number of ether oxygens (including phenoxy) is 1. The molecule has 0 heterocycles. The molecular formula is C13H20N2O2. The van der Waals surface area contributed by atoms with Gasteiger partial charge in [0.05, 0.1) is 6.61 Å². The smallest absolute Gasteiger partial charge is 0.242 e. The van der Waals surface area contributed by atoms with Gasteiger partial charge in [0.25, 0.3) is 0 Å². The fraction of sp³-hybridized carbons (Fsp3) is 0.462. The summed E-state index contributed by atoms with van der Waals surface area (Å²) in [6.07, 6.45) is 0. The standard InChI is InChI=1S/C13H20N2O2/c1-10-4-6-11(7-5-10)13(2,12(14)16)15-8-9-17-3/h4-7,15H,8-9H2,1-3H3,(H2,14,16). The predicted molar refractivity (Wildman–Crippen MR) is 67.6 cm³/mol. The Labute approximate surface area is 102 Å². The van der Waals surface area contributed by atoms with Crippen molar-refractivity contribution in [2.75, 3.05) is 20.3 Å². The topological polar surface area (TPSA) is 64.3 Å². The van der Waals surface area contributed by atoms with Crippen molar-refractivity contribution >= 4 is 5.91 Å². The van der Waals surface area contributed by atoms with E-state index >= 15 is 0 Å². The van der Waals surface area contributed by atoms with E-state index in [-0.39, 0.29) is 0 Å². The van der Waals surface area contributed by atoms with Crippen molar-refractivity contribution in [3.05, 3.63) is 35.4 Å². The fourth-order valence-corrected chi connectivity index (χ4v) is 1.62. The number of rotatable bonds is 6. The number of methoxy groups -OCH3 is 1. The molecule has 3 N–H and O–H groups in total. The maximum atomic E-state index is 11.6. The average Bonchev–Trinajstić information content (AvgIpc) is 2.29. The average molecular weight is 236 g/mol. The third-order valence-corrected chi connectivity index (χ3v) is 2.91. The third-order valence-electron chi connectivity index (χ3n) is 2.91. The molecule has 1 atom stereocenters. The molecule has 0 saturated carbocycles. The van der Waals surface area contributed by atoms with Gasteiger partial charge in [0.2, 0.25) is 5.91 Å². The summed E-state index contributed by atoms with van der Waals surface area (Å²) in [5, 5.41) is 3.13. The number of nitrogens with two attached hydrogens (primary N) is 1. The number of primary amides is 1. The summed E-state index contributed by atoms with van der Waals surface area (Å²) in [4.78, 5) is 11.6. The Morgan fingerprint density at radius 3 is 2.47 bits per heavy atom. The zero-order valence-electron chi connectivity index (χ0n) is 10.6. The summed E-state index contributed by atoms with van der Waals surface area (Å²) >= 11 is 0. The lowest BCUT2D eigenvalue weighted by Gasteiger charge is -2.28. The highest BCUT2D eigenvalue weighted by atomic mass is 16.5. The minimum atomic E-state index is -0.855. The van der Waals surface area contributed by atoms with Gasteiger partial charge in [-0.1, -0.05) is 29.8 Å². The first kappa shape index (κ1) is 13.7. The number of carbonyl (C=O) groups is 1. The van der Waals surface area contributed by atoms with Crippen LogP contribution in [0, 0.1) is 6.92 Å². The molecule has 94 valence electrons. The Morgan fingerprint density at radius 1 is 1.41 bits per heavy atom. The van der Waals surface area contributed by atoms with Gasteiger partial charge in [-0.15, -0.1) is 0 Å². The van der Waals surface area contributed by atoms with Crippen LogP contribution in [0.2, 0.25) is 0 Å². The summed E-state index contributed by atoms with van der Waals surface area (Å²) in [5.74, 6) is -0.391. The van der Waals surface area contributed by atoms with Crippen LogP contribution in [-0.2, 0) is 15.1 Å². The van der Waals surface area contributed by atoms with E-state index in [0.29, 0.717) is 13.2 Å². The van der Waals surface area contributed by atoms with E-state index < -0.39 is 11.4 Å². The SMILES string of the molecule is COCCNC(C)(C(N)=O)c1ccc(C)cc1. The summed E-state index contributed by atoms with van der Waals surface area (Å²) in [5.41, 5.74) is 6.64. The Balaban J connectivity index is 2.90. The zero-order chi connectivity index (χ0) is 12.9. The van der Waals surface area contributed by atoms with E-state index in [1.807, 2.05) is 31.2 Å². The van der Waals surface area contributed by atoms with Gasteiger partial charge in [0.1, 0.15) is 5.54 Å². The number of carbonyl (C=O) groups excluding carboxylic acids is 1. The molecule has 0 aliphatic heterocycles. The second-order valence-corrected chi connectivity index (χ2v) is 4.27. The van der Waals surface area contributed by atoms with Gasteiger partial charge in [0, 0.05) is 13.7 Å². The van der Waals surface area contributed by atoms with Crippen molar-refractivity contribution in [1.82, 2.24) is 5.32 Å². The molecule has 0 aliphatic rings. The first-order valence-corrected chi connectivity index (χ1v) is 5.61. The highest BCUT2D eigenvalue weighted by Crippen LogP contribution is 2.20. The van der Waals surface area contributed by atoms with Gasteiger partial charge < -0.3 is 10.5 Å². The molecule has 1 aromatic rings. The molecule has 0 bridgehead atoms. The zero-order valence-corrected chi connectivity index (χ0v) is 10.6. The first-order valence-electron chi connectivity index (χ1n) is 5.61. The fourth-order valence-electron chi connectivity index (χ4n) is 1.62. The summed E-state index contributed by atoms with van der Waals surface area (Å²) in [7, 11) is 1.62. The van der Waals surface area contributed by atoms with E-state index in [2.05, 4.69) is 5.32 Å². The lowest BCUT2D eigenvalue weighted by Crippen LogP contribution is -2.51. The Hall–Kier alpha value is -1.39. The molecule has 0 fully saturated rings. The van der Waals surface area contributed by atoms with Crippen LogP contribution in [0.25, 0.3) is 0 Å². The number of benzene rings is 1. The molecule has 0 radical (unpaired) electrons. The van der Waals surface area contributed by atoms with Crippen molar-refractivity contribution in [3.8, 4) is 0 Å². The molecule has 0 aromatic heterocycles. The maximum Gasteiger partial charge on any atom is 0.242 e. The van der Waals surface area contributed by atoms with Crippen LogP contribution in [0.15, 0.2) is 24.3 Å². The molecular weight excluding hydrogens is 216 g/mol. The van der Waals surface area contributed by atoms with E-state index in [1.54, 1.807) is 14.0 Å². The van der Waals surface area contributed by atoms with Crippen LogP contribution in [0.3, 0.4) is 0 Å². The van der Waals surface area contributed by atoms with E-state index in [1.165, 1.54) is 0 Å². The Kier molecular flexibility index (Phi) is 4.66. The molecule has 0 saturated heterocycles. The van der Waals surface area contributed by atoms with Crippen molar-refractivity contribution < 1.29 is 9.53 Å². The highest BCUT2D eigenvalue weighted by molar-refractivity contribution is 5.85. The quantitative estimate of drug-likeness (QED) is 0.722. The summed E-state index contributed by atoms with van der Waals surface area (Å²) in [6.45, 7) is 4.90. The van der Waals surface area contributed by atoms with Crippen molar-refractivity contribution in [2.45, 2.75) is 19.4 Å². The normalized spacial score (nSPS) is 14.3. The monoisotopic (exact) mass is 236 g/mol. The predicted octanol–water partition coefficient (Wildman–Crippen LogP) is 0.932. The van der Waals surface area contributed by atoms with Crippen LogP contribution < -0.4 is 11.1 Å². The second kappa shape index (κ2) is 5.80. The van der Waals surface area contributed by atoms with Crippen LogP contribution in [0.1, 0.15) is 18.1 Å². The minimum Gasteiger partial charge on any atom is -0.383 e. The van der Waals surface area contributed by atoms with Crippen LogP contribution in [-0.4, -0.2) is 26.2 Å². The van der Waals surface area contributed by atoms with Crippen LogP contribution in [0.4, 0.5) is 0 Å².